The van der Waals surface area contributed by atoms with Crippen LogP contribution in [0.3, 0.4) is 0 Å². The number of carbonyl (C=O) groups is 1. The van der Waals surface area contributed by atoms with Crippen molar-refractivity contribution in [2.45, 2.75) is 32.7 Å². The Bertz CT molecular complexity index is 375. The Morgan fingerprint density at radius 1 is 1.38 bits per heavy atom. The van der Waals surface area contributed by atoms with E-state index in [0.29, 0.717) is 5.75 Å². The normalized spacial score (nSPS) is 19.8. The summed E-state index contributed by atoms with van der Waals surface area (Å²) in [5.74, 6) is 0.552. The summed E-state index contributed by atoms with van der Waals surface area (Å²) in [6.45, 7) is 4.82. The molecule has 3 heteroatoms. The van der Waals surface area contributed by atoms with Crippen LogP contribution in [0.1, 0.15) is 24.0 Å². The highest BCUT2D eigenvalue weighted by Crippen LogP contribution is 2.23. The quantitative estimate of drug-likeness (QED) is 0.610. The number of nitrogens with one attached hydrogen (secondary N) is 1. The predicted molar refractivity (Wildman–Crippen MR) is 62.6 cm³/mol. The van der Waals surface area contributed by atoms with Crippen LogP contribution in [-0.2, 0) is 4.79 Å². The number of hydrogen-bond acceptors (Lipinski definition) is 3. The Labute approximate surface area is 95.8 Å². The molecule has 1 aromatic rings. The summed E-state index contributed by atoms with van der Waals surface area (Å²) in [5.41, 5.74) is 2.01. The summed E-state index contributed by atoms with van der Waals surface area (Å²) in [7, 11) is 0. The highest BCUT2D eigenvalue weighted by molar-refractivity contribution is 5.79. The first-order chi connectivity index (χ1) is 7.68. The molecule has 0 aliphatic carbocycles. The molecule has 1 saturated heterocycles. The van der Waals surface area contributed by atoms with Gasteiger partial charge < -0.3 is 10.1 Å². The minimum absolute atomic E-state index is 0.126. The molecule has 0 radical (unpaired) electrons. The van der Waals surface area contributed by atoms with Crippen molar-refractivity contribution in [2.24, 2.45) is 0 Å². The van der Waals surface area contributed by atoms with Gasteiger partial charge in [0.15, 0.2) is 0 Å². The maximum Gasteiger partial charge on any atom is 0.328 e. The van der Waals surface area contributed by atoms with Gasteiger partial charge in [0.25, 0.3) is 0 Å². The molecule has 1 aliphatic heterocycles. The summed E-state index contributed by atoms with van der Waals surface area (Å²) in [4.78, 5) is 11.8. The van der Waals surface area contributed by atoms with Crippen molar-refractivity contribution in [2.75, 3.05) is 6.54 Å². The molecular weight excluding hydrogens is 202 g/mol. The van der Waals surface area contributed by atoms with Gasteiger partial charge >= 0.3 is 5.97 Å². The Kier molecular flexibility index (Phi) is 3.25. The van der Waals surface area contributed by atoms with Crippen molar-refractivity contribution < 1.29 is 9.53 Å². The number of rotatable bonds is 2. The summed E-state index contributed by atoms with van der Waals surface area (Å²) in [6.07, 6.45) is 1.93. The van der Waals surface area contributed by atoms with Crippen molar-refractivity contribution in [3.05, 3.63) is 29.3 Å². The Morgan fingerprint density at radius 3 is 2.62 bits per heavy atom. The van der Waals surface area contributed by atoms with E-state index in [1.807, 2.05) is 32.0 Å². The minimum atomic E-state index is -0.157. The molecule has 0 amide bonds. The first-order valence-corrected chi connectivity index (χ1v) is 5.70. The zero-order valence-corrected chi connectivity index (χ0v) is 9.75. The number of hydrogen-bond donors (Lipinski definition) is 1. The SMILES string of the molecule is Cc1cccc(C)c1OC(=O)C1CCCN1. The topological polar surface area (TPSA) is 38.3 Å². The second-order valence-electron chi connectivity index (χ2n) is 4.29. The molecule has 1 unspecified atom stereocenters. The smallest absolute Gasteiger partial charge is 0.328 e. The second kappa shape index (κ2) is 4.66. The number of benzene rings is 1. The Hall–Kier alpha value is -1.35. The van der Waals surface area contributed by atoms with Crippen LogP contribution in [0, 0.1) is 13.8 Å². The molecule has 0 spiro atoms. The van der Waals surface area contributed by atoms with Crippen LogP contribution >= 0.6 is 0 Å². The van der Waals surface area contributed by atoms with Crippen LogP contribution in [-0.4, -0.2) is 18.6 Å². The van der Waals surface area contributed by atoms with E-state index in [4.69, 9.17) is 4.74 Å². The van der Waals surface area contributed by atoms with E-state index >= 15 is 0 Å². The lowest BCUT2D eigenvalue weighted by Crippen LogP contribution is -2.34. The van der Waals surface area contributed by atoms with Crippen LogP contribution in [0.25, 0.3) is 0 Å². The van der Waals surface area contributed by atoms with E-state index in [0.717, 1.165) is 30.5 Å². The fourth-order valence-electron chi connectivity index (χ4n) is 2.02. The third-order valence-corrected chi connectivity index (χ3v) is 2.96. The van der Waals surface area contributed by atoms with Gasteiger partial charge in [0.2, 0.25) is 0 Å². The van der Waals surface area contributed by atoms with Crippen LogP contribution in [0.2, 0.25) is 0 Å². The zero-order valence-electron chi connectivity index (χ0n) is 9.75. The first kappa shape index (κ1) is 11.1. The third kappa shape index (κ3) is 2.25. The lowest BCUT2D eigenvalue weighted by Gasteiger charge is -2.13. The van der Waals surface area contributed by atoms with Crippen molar-refractivity contribution in [1.82, 2.24) is 5.32 Å². The van der Waals surface area contributed by atoms with Gasteiger partial charge in [-0.3, -0.25) is 0 Å². The van der Waals surface area contributed by atoms with E-state index in [1.165, 1.54) is 0 Å². The molecular formula is C13H17NO2. The van der Waals surface area contributed by atoms with Gasteiger partial charge in [-0.25, -0.2) is 4.79 Å². The molecule has 0 aromatic heterocycles. The largest absolute Gasteiger partial charge is 0.425 e. The first-order valence-electron chi connectivity index (χ1n) is 5.70. The van der Waals surface area contributed by atoms with Gasteiger partial charge in [0.1, 0.15) is 11.8 Å². The number of carbonyl (C=O) groups excluding carboxylic acids is 1. The fraction of sp³-hybridized carbons (Fsp3) is 0.462. The van der Waals surface area contributed by atoms with E-state index in [2.05, 4.69) is 5.32 Å². The molecule has 1 aliphatic rings. The zero-order chi connectivity index (χ0) is 11.5. The van der Waals surface area contributed by atoms with E-state index in [1.54, 1.807) is 0 Å². The number of aryl methyl sites for hydroxylation is 2. The molecule has 1 N–H and O–H groups in total. The van der Waals surface area contributed by atoms with Crippen molar-refractivity contribution in [1.29, 1.82) is 0 Å². The van der Waals surface area contributed by atoms with Crippen molar-refractivity contribution >= 4 is 5.97 Å². The molecule has 3 nitrogen and oxygen atoms in total. The lowest BCUT2D eigenvalue weighted by molar-refractivity contribution is -0.136. The lowest BCUT2D eigenvalue weighted by atomic mass is 10.1. The number of ether oxygens (including phenoxy) is 1. The van der Waals surface area contributed by atoms with Crippen molar-refractivity contribution in [3.8, 4) is 5.75 Å². The van der Waals surface area contributed by atoms with E-state index in [-0.39, 0.29) is 12.0 Å². The number of para-hydroxylation sites is 1. The van der Waals surface area contributed by atoms with E-state index in [9.17, 15) is 4.79 Å². The summed E-state index contributed by atoms with van der Waals surface area (Å²) in [5, 5.41) is 3.14. The molecule has 0 bridgehead atoms. The molecule has 1 aromatic carbocycles. The molecule has 1 fully saturated rings. The second-order valence-corrected chi connectivity index (χ2v) is 4.29. The summed E-state index contributed by atoms with van der Waals surface area (Å²) < 4.78 is 5.46. The minimum Gasteiger partial charge on any atom is -0.425 e. The predicted octanol–water partition coefficient (Wildman–Crippen LogP) is 1.96. The van der Waals surface area contributed by atoms with Crippen LogP contribution < -0.4 is 10.1 Å². The molecule has 1 atom stereocenters. The van der Waals surface area contributed by atoms with Gasteiger partial charge in [-0.15, -0.1) is 0 Å². The van der Waals surface area contributed by atoms with Gasteiger partial charge in [-0.05, 0) is 44.4 Å². The maximum absolute atomic E-state index is 11.8. The fourth-order valence-corrected chi connectivity index (χ4v) is 2.02. The Balaban J connectivity index is 2.11. The standard InChI is InChI=1S/C13H17NO2/c1-9-5-3-6-10(2)12(9)16-13(15)11-7-4-8-14-11/h3,5-6,11,14H,4,7-8H2,1-2H3. The number of esters is 1. The van der Waals surface area contributed by atoms with Gasteiger partial charge in [0.05, 0.1) is 0 Å². The van der Waals surface area contributed by atoms with Gasteiger partial charge in [-0.2, -0.15) is 0 Å². The van der Waals surface area contributed by atoms with Crippen LogP contribution in [0.5, 0.6) is 5.75 Å². The van der Waals surface area contributed by atoms with Gasteiger partial charge in [0, 0.05) is 0 Å². The highest BCUT2D eigenvalue weighted by Gasteiger charge is 2.24. The molecule has 16 heavy (non-hydrogen) atoms. The average molecular weight is 219 g/mol. The monoisotopic (exact) mass is 219 g/mol. The molecule has 2 rings (SSSR count). The average Bonchev–Trinajstić information content (AvgIpc) is 2.76. The highest BCUT2D eigenvalue weighted by atomic mass is 16.5. The van der Waals surface area contributed by atoms with Gasteiger partial charge in [-0.1, -0.05) is 18.2 Å². The molecule has 86 valence electrons. The van der Waals surface area contributed by atoms with E-state index < -0.39 is 0 Å². The van der Waals surface area contributed by atoms with Crippen LogP contribution in [0.15, 0.2) is 18.2 Å². The summed E-state index contributed by atoms with van der Waals surface area (Å²) >= 11 is 0. The summed E-state index contributed by atoms with van der Waals surface area (Å²) in [6, 6.07) is 5.75. The van der Waals surface area contributed by atoms with Crippen molar-refractivity contribution in [3.63, 3.8) is 0 Å². The Morgan fingerprint density at radius 2 is 2.06 bits per heavy atom. The molecule has 0 saturated carbocycles. The molecule has 1 heterocycles. The third-order valence-electron chi connectivity index (χ3n) is 2.96. The maximum atomic E-state index is 11.8. The van der Waals surface area contributed by atoms with Crippen LogP contribution in [0.4, 0.5) is 0 Å².